The summed E-state index contributed by atoms with van der Waals surface area (Å²) in [5, 5.41) is 7.54. The number of ether oxygens (including phenoxy) is 1. The fourth-order valence-corrected chi connectivity index (χ4v) is 2.64. The Kier molecular flexibility index (Phi) is 6.63. The Morgan fingerprint density at radius 1 is 1.30 bits per heavy atom. The summed E-state index contributed by atoms with van der Waals surface area (Å²) in [5.74, 6) is 1.03. The Morgan fingerprint density at radius 3 is 2.85 bits per heavy atom. The van der Waals surface area contributed by atoms with E-state index in [9.17, 15) is 0 Å². The topological polar surface area (TPSA) is 39.1 Å². The summed E-state index contributed by atoms with van der Waals surface area (Å²) >= 11 is 1.86. The predicted molar refractivity (Wildman–Crippen MR) is 83.0 cm³/mol. The number of methoxy groups -OCH3 is 1. The lowest BCUT2D eigenvalue weighted by molar-refractivity contribution is 0.199. The Labute approximate surface area is 124 Å². The molecule has 20 heavy (non-hydrogen) atoms. The molecular weight excluding hydrogens is 270 g/mol. The smallest absolute Gasteiger partial charge is 0.0587 e. The second kappa shape index (κ2) is 8.79. The lowest BCUT2D eigenvalue weighted by atomic mass is 10.2. The van der Waals surface area contributed by atoms with Crippen LogP contribution in [0.3, 0.4) is 0 Å². The maximum Gasteiger partial charge on any atom is 0.0587 e. The van der Waals surface area contributed by atoms with Gasteiger partial charge in [0.15, 0.2) is 0 Å². The van der Waals surface area contributed by atoms with Crippen molar-refractivity contribution in [1.29, 1.82) is 0 Å². The van der Waals surface area contributed by atoms with E-state index in [1.165, 1.54) is 10.5 Å². The number of hydrogen-bond donors (Lipinski definition) is 1. The van der Waals surface area contributed by atoms with E-state index in [1.807, 2.05) is 34.9 Å². The van der Waals surface area contributed by atoms with E-state index >= 15 is 0 Å². The summed E-state index contributed by atoms with van der Waals surface area (Å²) in [6.07, 6.45) is 3.81. The van der Waals surface area contributed by atoms with Gasteiger partial charge in [-0.05, 0) is 23.8 Å². The monoisotopic (exact) mass is 291 g/mol. The molecule has 0 atom stereocenters. The van der Waals surface area contributed by atoms with E-state index in [2.05, 4.69) is 34.7 Å². The van der Waals surface area contributed by atoms with Crippen molar-refractivity contribution in [3.63, 3.8) is 0 Å². The largest absolute Gasteiger partial charge is 0.383 e. The molecule has 1 aromatic heterocycles. The predicted octanol–water partition coefficient (Wildman–Crippen LogP) is 2.41. The molecule has 0 radical (unpaired) electrons. The van der Waals surface area contributed by atoms with E-state index in [4.69, 9.17) is 4.74 Å². The molecule has 1 aromatic carbocycles. The van der Waals surface area contributed by atoms with Gasteiger partial charge in [-0.15, -0.1) is 11.8 Å². The summed E-state index contributed by atoms with van der Waals surface area (Å²) in [6.45, 7) is 3.47. The minimum Gasteiger partial charge on any atom is -0.383 e. The van der Waals surface area contributed by atoms with Gasteiger partial charge in [0.05, 0.1) is 13.2 Å². The van der Waals surface area contributed by atoms with Crippen molar-refractivity contribution in [1.82, 2.24) is 15.1 Å². The highest BCUT2D eigenvalue weighted by atomic mass is 32.2. The fourth-order valence-electron chi connectivity index (χ4n) is 1.80. The summed E-state index contributed by atoms with van der Waals surface area (Å²) in [5.41, 5.74) is 1.30. The third-order valence-electron chi connectivity index (χ3n) is 2.88. The van der Waals surface area contributed by atoms with Gasteiger partial charge in [-0.2, -0.15) is 5.10 Å². The van der Waals surface area contributed by atoms with E-state index in [0.29, 0.717) is 0 Å². The first-order valence-electron chi connectivity index (χ1n) is 6.77. The van der Waals surface area contributed by atoms with Crippen LogP contribution in [0.1, 0.15) is 5.56 Å². The van der Waals surface area contributed by atoms with Crippen molar-refractivity contribution in [2.24, 2.45) is 0 Å². The van der Waals surface area contributed by atoms with Crippen molar-refractivity contribution in [2.45, 2.75) is 18.0 Å². The van der Waals surface area contributed by atoms with Crippen LogP contribution < -0.4 is 5.32 Å². The number of thioether (sulfide) groups is 1. The molecule has 0 bridgehead atoms. The fraction of sp³-hybridized carbons (Fsp3) is 0.400. The maximum atomic E-state index is 5.00. The third kappa shape index (κ3) is 5.36. The number of nitrogens with zero attached hydrogens (tertiary/aromatic N) is 2. The Morgan fingerprint density at radius 2 is 2.15 bits per heavy atom. The average Bonchev–Trinajstić information content (AvgIpc) is 2.98. The zero-order valence-corrected chi connectivity index (χ0v) is 12.6. The molecule has 0 fully saturated rings. The van der Waals surface area contributed by atoms with Crippen LogP contribution in [0.4, 0.5) is 0 Å². The normalized spacial score (nSPS) is 10.8. The number of rotatable bonds is 9. The van der Waals surface area contributed by atoms with Gasteiger partial charge in [0.1, 0.15) is 0 Å². The first-order chi connectivity index (χ1) is 9.88. The Bertz CT molecular complexity index is 470. The molecule has 1 N–H and O–H groups in total. The maximum absolute atomic E-state index is 5.00. The molecule has 0 aliphatic heterocycles. The standard InChI is InChI=1S/C15H21N3OS/c1-19-11-8-16-13-14-3-5-15(6-4-14)20-12-10-18-9-2-7-17-18/h2-7,9,16H,8,10-13H2,1H3. The minimum atomic E-state index is 0.751. The van der Waals surface area contributed by atoms with Crippen LogP contribution in [0.5, 0.6) is 0 Å². The lowest BCUT2D eigenvalue weighted by Gasteiger charge is -2.06. The Hall–Kier alpha value is -1.30. The van der Waals surface area contributed by atoms with Crippen molar-refractivity contribution >= 4 is 11.8 Å². The van der Waals surface area contributed by atoms with Gasteiger partial charge < -0.3 is 10.1 Å². The van der Waals surface area contributed by atoms with Gasteiger partial charge in [-0.1, -0.05) is 12.1 Å². The molecule has 0 saturated heterocycles. The average molecular weight is 291 g/mol. The van der Waals surface area contributed by atoms with Crippen molar-refractivity contribution < 1.29 is 4.74 Å². The molecule has 0 saturated carbocycles. The molecule has 0 aliphatic carbocycles. The number of nitrogens with one attached hydrogen (secondary N) is 1. The number of benzene rings is 1. The van der Waals surface area contributed by atoms with Gasteiger partial charge in [0.25, 0.3) is 0 Å². The molecule has 5 heteroatoms. The zero-order valence-electron chi connectivity index (χ0n) is 11.8. The van der Waals surface area contributed by atoms with Crippen LogP contribution >= 0.6 is 11.8 Å². The van der Waals surface area contributed by atoms with E-state index in [1.54, 1.807) is 7.11 Å². The van der Waals surface area contributed by atoms with Crippen molar-refractivity contribution in [3.8, 4) is 0 Å². The lowest BCUT2D eigenvalue weighted by Crippen LogP contribution is -2.18. The van der Waals surface area contributed by atoms with Gasteiger partial charge in [0, 0.05) is 43.2 Å². The van der Waals surface area contributed by atoms with Crippen LogP contribution in [-0.2, 0) is 17.8 Å². The first-order valence-corrected chi connectivity index (χ1v) is 7.76. The van der Waals surface area contributed by atoms with Crippen LogP contribution in [0, 0.1) is 0 Å². The van der Waals surface area contributed by atoms with Gasteiger partial charge in [0.2, 0.25) is 0 Å². The second-order valence-corrected chi connectivity index (χ2v) is 5.60. The summed E-state index contributed by atoms with van der Waals surface area (Å²) < 4.78 is 6.96. The Balaban J connectivity index is 1.68. The highest BCUT2D eigenvalue weighted by molar-refractivity contribution is 7.99. The third-order valence-corrected chi connectivity index (χ3v) is 3.88. The summed E-state index contributed by atoms with van der Waals surface area (Å²) in [4.78, 5) is 1.30. The molecule has 108 valence electrons. The highest BCUT2D eigenvalue weighted by Crippen LogP contribution is 2.18. The van der Waals surface area contributed by atoms with Crippen molar-refractivity contribution in [2.75, 3.05) is 26.0 Å². The van der Waals surface area contributed by atoms with E-state index in [-0.39, 0.29) is 0 Å². The molecule has 4 nitrogen and oxygen atoms in total. The molecule has 1 heterocycles. The molecular formula is C15H21N3OS. The number of hydrogen-bond acceptors (Lipinski definition) is 4. The highest BCUT2D eigenvalue weighted by Gasteiger charge is 1.97. The van der Waals surface area contributed by atoms with Gasteiger partial charge in [-0.25, -0.2) is 0 Å². The molecule has 2 aromatic rings. The molecule has 0 unspecified atom stereocenters. The molecule has 0 spiro atoms. The summed E-state index contributed by atoms with van der Waals surface area (Å²) in [7, 11) is 1.72. The van der Waals surface area contributed by atoms with Gasteiger partial charge >= 0.3 is 0 Å². The number of aromatic nitrogens is 2. The van der Waals surface area contributed by atoms with E-state index in [0.717, 1.165) is 32.0 Å². The van der Waals surface area contributed by atoms with Crippen LogP contribution in [0.15, 0.2) is 47.6 Å². The number of aryl methyl sites for hydroxylation is 1. The SMILES string of the molecule is COCCNCc1ccc(SCCn2cccn2)cc1. The van der Waals surface area contributed by atoms with Crippen molar-refractivity contribution in [3.05, 3.63) is 48.3 Å². The van der Waals surface area contributed by atoms with E-state index < -0.39 is 0 Å². The van der Waals surface area contributed by atoms with Crippen LogP contribution in [0.2, 0.25) is 0 Å². The quantitative estimate of drug-likeness (QED) is 0.569. The zero-order chi connectivity index (χ0) is 14.0. The first kappa shape index (κ1) is 15.1. The van der Waals surface area contributed by atoms with Crippen LogP contribution in [0.25, 0.3) is 0 Å². The second-order valence-electron chi connectivity index (χ2n) is 4.43. The molecule has 0 amide bonds. The molecule has 0 aliphatic rings. The van der Waals surface area contributed by atoms with Gasteiger partial charge in [-0.3, -0.25) is 4.68 Å². The molecule has 2 rings (SSSR count). The van der Waals surface area contributed by atoms with Crippen LogP contribution in [-0.4, -0.2) is 35.8 Å². The minimum absolute atomic E-state index is 0.751. The summed E-state index contributed by atoms with van der Waals surface area (Å²) in [6, 6.07) is 10.7.